The first-order chi connectivity index (χ1) is 18.6. The van der Waals surface area contributed by atoms with E-state index in [1.165, 1.54) is 11.3 Å². The minimum Gasteiger partial charge on any atom is -0.493 e. The highest BCUT2D eigenvalue weighted by Crippen LogP contribution is 2.35. The number of thiophene rings is 1. The molecule has 0 saturated carbocycles. The first-order valence-electron chi connectivity index (χ1n) is 13.1. The van der Waals surface area contributed by atoms with Gasteiger partial charge >= 0.3 is 0 Å². The Balaban J connectivity index is 1.21. The van der Waals surface area contributed by atoms with Crippen molar-refractivity contribution >= 4 is 33.3 Å². The first kappa shape index (κ1) is 26.6. The van der Waals surface area contributed by atoms with Gasteiger partial charge in [0, 0.05) is 38.8 Å². The fourth-order valence-electron chi connectivity index (χ4n) is 5.07. The van der Waals surface area contributed by atoms with Crippen LogP contribution in [0.1, 0.15) is 33.6 Å². The summed E-state index contributed by atoms with van der Waals surface area (Å²) in [4.78, 5) is 28.1. The van der Waals surface area contributed by atoms with E-state index in [0.29, 0.717) is 43.8 Å². The molecule has 0 aliphatic carbocycles. The fraction of sp³-hybridized carbons (Fsp3) is 0.519. The second-order valence-corrected chi connectivity index (χ2v) is 10.6. The molecule has 0 radical (unpaired) electrons. The molecule has 3 aromatic rings. The van der Waals surface area contributed by atoms with E-state index in [0.717, 1.165) is 64.5 Å². The molecule has 2 fully saturated rings. The summed E-state index contributed by atoms with van der Waals surface area (Å²) in [5.74, 6) is 2.19. The Morgan fingerprint density at radius 3 is 2.71 bits per heavy atom. The maximum Gasteiger partial charge on any atom is 0.264 e. The molecule has 1 aromatic carbocycles. The third-order valence-electron chi connectivity index (χ3n) is 7.13. The summed E-state index contributed by atoms with van der Waals surface area (Å²) in [6.07, 6.45) is 3.56. The lowest BCUT2D eigenvalue weighted by molar-refractivity contribution is 0.0306. The van der Waals surface area contributed by atoms with Gasteiger partial charge in [-0.25, -0.2) is 9.97 Å². The molecule has 0 unspecified atom stereocenters. The largest absolute Gasteiger partial charge is 0.493 e. The van der Waals surface area contributed by atoms with Gasteiger partial charge in [-0.2, -0.15) is 0 Å². The van der Waals surface area contributed by atoms with Gasteiger partial charge in [0.25, 0.3) is 5.91 Å². The number of hydrogen-bond acceptors (Lipinski definition) is 10. The molecule has 5 rings (SSSR count). The van der Waals surface area contributed by atoms with Crippen LogP contribution in [0.3, 0.4) is 0 Å². The Bertz CT molecular complexity index is 1250. The van der Waals surface area contributed by atoms with E-state index >= 15 is 0 Å². The third-order valence-corrected chi connectivity index (χ3v) is 8.32. The molecule has 0 bridgehead atoms. The van der Waals surface area contributed by atoms with Crippen LogP contribution in [0.4, 0.5) is 5.82 Å². The lowest BCUT2D eigenvalue weighted by Crippen LogP contribution is -2.40. The molecule has 2 aliphatic heterocycles. The summed E-state index contributed by atoms with van der Waals surface area (Å²) >= 11 is 1.45. The van der Waals surface area contributed by atoms with Crippen LogP contribution >= 0.6 is 11.3 Å². The minimum absolute atomic E-state index is 0.0336. The average Bonchev–Trinajstić information content (AvgIpc) is 3.30. The van der Waals surface area contributed by atoms with Gasteiger partial charge in [0.05, 0.1) is 37.2 Å². The van der Waals surface area contributed by atoms with Crippen molar-refractivity contribution in [3.8, 4) is 11.5 Å². The van der Waals surface area contributed by atoms with Crippen LogP contribution in [-0.4, -0.2) is 96.5 Å². The van der Waals surface area contributed by atoms with E-state index in [1.807, 2.05) is 30.0 Å². The van der Waals surface area contributed by atoms with Crippen molar-refractivity contribution in [2.45, 2.75) is 32.4 Å². The number of aromatic nitrogens is 2. The molecule has 11 heteroatoms. The molecule has 204 valence electrons. The number of carbonyl (C=O) groups is 1. The van der Waals surface area contributed by atoms with E-state index in [9.17, 15) is 4.79 Å². The number of benzene rings is 1. The molecule has 2 aromatic heterocycles. The summed E-state index contributed by atoms with van der Waals surface area (Å²) in [6, 6.07) is 6.25. The number of anilines is 1. The normalized spacial score (nSPS) is 17.1. The number of nitrogens with one attached hydrogen (secondary N) is 1. The van der Waals surface area contributed by atoms with Gasteiger partial charge in [-0.15, -0.1) is 11.3 Å². The molecule has 2 aliphatic rings. The van der Waals surface area contributed by atoms with Crippen LogP contribution < -0.4 is 14.8 Å². The number of aliphatic hydroxyl groups excluding tert-OH is 1. The van der Waals surface area contributed by atoms with Crippen LogP contribution in [0.25, 0.3) is 10.2 Å². The average molecular weight is 542 g/mol. The second kappa shape index (κ2) is 12.2. The van der Waals surface area contributed by atoms with Crippen molar-refractivity contribution in [3.63, 3.8) is 0 Å². The minimum atomic E-state index is -0.0336. The number of aryl methyl sites for hydroxylation is 1. The number of carbonyl (C=O) groups excluding carboxylic acids is 1. The lowest BCUT2D eigenvalue weighted by atomic mass is 10.0. The summed E-state index contributed by atoms with van der Waals surface area (Å²) in [5, 5.41) is 13.6. The van der Waals surface area contributed by atoms with Crippen molar-refractivity contribution in [2.75, 3.05) is 65.0 Å². The van der Waals surface area contributed by atoms with E-state index in [2.05, 4.69) is 20.2 Å². The number of nitrogens with zero attached hydrogens (tertiary/aromatic N) is 4. The molecule has 4 heterocycles. The van der Waals surface area contributed by atoms with Crippen molar-refractivity contribution in [1.29, 1.82) is 0 Å². The smallest absolute Gasteiger partial charge is 0.264 e. The predicted molar refractivity (Wildman–Crippen MR) is 146 cm³/mol. The van der Waals surface area contributed by atoms with Gasteiger partial charge < -0.3 is 29.5 Å². The molecule has 2 N–H and O–H groups in total. The Kier molecular flexibility index (Phi) is 8.58. The topological polar surface area (TPSA) is 109 Å². The number of likely N-dealkylation sites (tertiary alicyclic amines) is 1. The van der Waals surface area contributed by atoms with E-state index in [1.54, 1.807) is 13.4 Å². The SMILES string of the molecule is COc1cc(CN2CCC(Nc3ncnc4sc(C(=O)N5CCOCC5)c(C)c34)CC2)ccc1OCCO. The summed E-state index contributed by atoms with van der Waals surface area (Å²) in [7, 11) is 1.63. The molecule has 0 atom stereocenters. The highest BCUT2D eigenvalue weighted by atomic mass is 32.1. The molecule has 38 heavy (non-hydrogen) atoms. The monoisotopic (exact) mass is 541 g/mol. The van der Waals surface area contributed by atoms with Gasteiger partial charge in [0.15, 0.2) is 11.5 Å². The lowest BCUT2D eigenvalue weighted by Gasteiger charge is -2.32. The third kappa shape index (κ3) is 5.85. The van der Waals surface area contributed by atoms with E-state index in [4.69, 9.17) is 19.3 Å². The van der Waals surface area contributed by atoms with Gasteiger partial charge in [0.1, 0.15) is 23.6 Å². The zero-order valence-corrected chi connectivity index (χ0v) is 22.8. The van der Waals surface area contributed by atoms with Crippen LogP contribution in [-0.2, 0) is 11.3 Å². The van der Waals surface area contributed by atoms with Gasteiger partial charge in [-0.05, 0) is 43.0 Å². The van der Waals surface area contributed by atoms with Crippen LogP contribution in [0.5, 0.6) is 11.5 Å². The van der Waals surface area contributed by atoms with Crippen LogP contribution in [0.2, 0.25) is 0 Å². The summed E-state index contributed by atoms with van der Waals surface area (Å²) in [6.45, 7) is 7.36. The van der Waals surface area contributed by atoms with Crippen LogP contribution in [0.15, 0.2) is 24.5 Å². The van der Waals surface area contributed by atoms with Crippen molar-refractivity contribution in [3.05, 3.63) is 40.5 Å². The number of piperidine rings is 1. The molecule has 10 nitrogen and oxygen atoms in total. The predicted octanol–water partition coefficient (Wildman–Crippen LogP) is 2.93. The Morgan fingerprint density at radius 2 is 1.97 bits per heavy atom. The number of amides is 1. The number of hydrogen-bond donors (Lipinski definition) is 2. The second-order valence-electron chi connectivity index (χ2n) is 9.62. The molecule has 0 spiro atoms. The maximum atomic E-state index is 13.2. The highest BCUT2D eigenvalue weighted by molar-refractivity contribution is 7.20. The zero-order chi connectivity index (χ0) is 26.5. The summed E-state index contributed by atoms with van der Waals surface area (Å²) < 4.78 is 16.4. The Labute approximate surface area is 226 Å². The van der Waals surface area contributed by atoms with Crippen molar-refractivity contribution < 1.29 is 24.1 Å². The standard InChI is InChI=1S/C27H35N5O5S/c1-18-23-25(28-17-29-26(23)38-24(18)27(34)32-9-12-36-13-10-32)30-20-5-7-31(8-6-20)16-19-3-4-21(37-14-11-33)22(15-19)35-2/h3-4,15,17,20,33H,5-14,16H2,1-2H3,(H,28,29,30). The number of morpholine rings is 1. The van der Waals surface area contributed by atoms with Gasteiger partial charge in [0.2, 0.25) is 0 Å². The van der Waals surface area contributed by atoms with Crippen molar-refractivity contribution in [2.24, 2.45) is 0 Å². The van der Waals surface area contributed by atoms with Gasteiger partial charge in [-0.1, -0.05) is 6.07 Å². The Morgan fingerprint density at radius 1 is 1.18 bits per heavy atom. The highest BCUT2D eigenvalue weighted by Gasteiger charge is 2.26. The molecular formula is C27H35N5O5S. The number of aliphatic hydroxyl groups is 1. The summed E-state index contributed by atoms with van der Waals surface area (Å²) in [5.41, 5.74) is 2.11. The van der Waals surface area contributed by atoms with Gasteiger partial charge in [-0.3, -0.25) is 9.69 Å². The number of rotatable bonds is 9. The number of methoxy groups -OCH3 is 1. The first-order valence-corrected chi connectivity index (χ1v) is 13.9. The zero-order valence-electron chi connectivity index (χ0n) is 21.9. The quantitative estimate of drug-likeness (QED) is 0.423. The van der Waals surface area contributed by atoms with E-state index < -0.39 is 0 Å². The molecule has 2 saturated heterocycles. The molecule has 1 amide bonds. The van der Waals surface area contributed by atoms with Crippen molar-refractivity contribution in [1.82, 2.24) is 19.8 Å². The fourth-order valence-corrected chi connectivity index (χ4v) is 6.18. The maximum absolute atomic E-state index is 13.2. The van der Waals surface area contributed by atoms with E-state index in [-0.39, 0.29) is 19.1 Å². The Hall–Kier alpha value is -2.99. The number of fused-ring (bicyclic) bond motifs is 1. The van der Waals surface area contributed by atoms with Crippen LogP contribution in [0, 0.1) is 6.92 Å². The number of ether oxygens (including phenoxy) is 3. The molecular weight excluding hydrogens is 506 g/mol.